The van der Waals surface area contributed by atoms with Crippen LogP contribution in [-0.2, 0) is 0 Å². The van der Waals surface area contributed by atoms with Gasteiger partial charge in [-0.05, 0) is 12.8 Å². The van der Waals surface area contributed by atoms with E-state index in [0.717, 1.165) is 22.5 Å². The van der Waals surface area contributed by atoms with Gasteiger partial charge in [0.15, 0.2) is 0 Å². The predicted molar refractivity (Wildman–Crippen MR) is 67.8 cm³/mol. The molecule has 0 amide bonds. The molecule has 0 aromatic carbocycles. The van der Waals surface area contributed by atoms with Gasteiger partial charge in [-0.25, -0.2) is 15.0 Å². The first-order chi connectivity index (χ1) is 7.86. The molecule has 0 saturated carbocycles. The first-order valence-corrected chi connectivity index (χ1v) is 6.78. The Hall–Kier alpha value is -1.03. The smallest absolute Gasteiger partial charge is 0.146 e. The average Bonchev–Trinajstić information content (AvgIpc) is 2.78. The zero-order valence-corrected chi connectivity index (χ0v) is 10.6. The van der Waals surface area contributed by atoms with Crippen LogP contribution in [0.25, 0.3) is 10.3 Å². The molecule has 2 aromatic heterocycles. The molecule has 16 heavy (non-hydrogen) atoms. The molecule has 1 unspecified atom stereocenters. The maximum Gasteiger partial charge on any atom is 0.146 e. The van der Waals surface area contributed by atoms with E-state index in [0.29, 0.717) is 5.92 Å². The number of thiazole rings is 1. The van der Waals surface area contributed by atoms with Crippen LogP contribution in [0, 0.1) is 0 Å². The van der Waals surface area contributed by atoms with Gasteiger partial charge in [0, 0.05) is 5.92 Å². The summed E-state index contributed by atoms with van der Waals surface area (Å²) in [6.45, 7) is 4.45. The summed E-state index contributed by atoms with van der Waals surface area (Å²) >= 11 is 1.59. The van der Waals surface area contributed by atoms with Crippen molar-refractivity contribution in [3.05, 3.63) is 17.5 Å². The SMILES string of the molecule is CCCCC(CC)c1ncnc2scnc12. The molecular formula is C12H17N3S. The van der Waals surface area contributed by atoms with Crippen LogP contribution in [0.1, 0.15) is 51.1 Å². The summed E-state index contributed by atoms with van der Waals surface area (Å²) in [6, 6.07) is 0. The second-order valence-corrected chi connectivity index (χ2v) is 4.85. The van der Waals surface area contributed by atoms with E-state index in [2.05, 4.69) is 28.8 Å². The van der Waals surface area contributed by atoms with E-state index in [1.807, 2.05) is 5.51 Å². The minimum Gasteiger partial charge on any atom is -0.241 e. The van der Waals surface area contributed by atoms with Crippen molar-refractivity contribution >= 4 is 21.7 Å². The van der Waals surface area contributed by atoms with Crippen LogP contribution in [0.5, 0.6) is 0 Å². The first-order valence-electron chi connectivity index (χ1n) is 5.90. The highest BCUT2D eigenvalue weighted by atomic mass is 32.1. The average molecular weight is 235 g/mol. The molecule has 0 aliphatic rings. The van der Waals surface area contributed by atoms with Crippen molar-refractivity contribution in [3.8, 4) is 0 Å². The molecule has 2 heterocycles. The minimum absolute atomic E-state index is 0.535. The van der Waals surface area contributed by atoms with Crippen molar-refractivity contribution in [1.29, 1.82) is 0 Å². The molecule has 0 fully saturated rings. The highest BCUT2D eigenvalue weighted by Gasteiger charge is 2.15. The molecule has 1 atom stereocenters. The Bertz CT molecular complexity index is 452. The monoisotopic (exact) mass is 235 g/mol. The summed E-state index contributed by atoms with van der Waals surface area (Å²) in [7, 11) is 0. The van der Waals surface area contributed by atoms with Gasteiger partial charge in [-0.15, -0.1) is 11.3 Å². The molecule has 2 rings (SSSR count). The molecule has 0 saturated heterocycles. The van der Waals surface area contributed by atoms with E-state index in [-0.39, 0.29) is 0 Å². The molecule has 0 bridgehead atoms. The van der Waals surface area contributed by atoms with E-state index in [4.69, 9.17) is 0 Å². The van der Waals surface area contributed by atoms with Gasteiger partial charge in [0.25, 0.3) is 0 Å². The summed E-state index contributed by atoms with van der Waals surface area (Å²) in [5.41, 5.74) is 4.01. The van der Waals surface area contributed by atoms with Gasteiger partial charge >= 0.3 is 0 Å². The van der Waals surface area contributed by atoms with Crippen molar-refractivity contribution in [3.63, 3.8) is 0 Å². The highest BCUT2D eigenvalue weighted by Crippen LogP contribution is 2.29. The van der Waals surface area contributed by atoms with Crippen molar-refractivity contribution in [1.82, 2.24) is 15.0 Å². The van der Waals surface area contributed by atoms with Crippen LogP contribution < -0.4 is 0 Å². The number of hydrogen-bond donors (Lipinski definition) is 0. The van der Waals surface area contributed by atoms with Crippen LogP contribution in [0.2, 0.25) is 0 Å². The summed E-state index contributed by atoms with van der Waals surface area (Å²) in [4.78, 5) is 14.1. The van der Waals surface area contributed by atoms with Crippen molar-refractivity contribution in [2.24, 2.45) is 0 Å². The molecule has 0 aliphatic carbocycles. The molecule has 86 valence electrons. The molecule has 0 N–H and O–H groups in total. The summed E-state index contributed by atoms with van der Waals surface area (Å²) < 4.78 is 0. The molecule has 2 aromatic rings. The van der Waals surface area contributed by atoms with Crippen LogP contribution >= 0.6 is 11.3 Å². The maximum absolute atomic E-state index is 4.44. The molecule has 4 heteroatoms. The standard InChI is InChI=1S/C12H17N3S/c1-3-5-6-9(4-2)10-11-12(14-7-13-10)16-8-15-11/h7-9H,3-6H2,1-2H3. The summed E-state index contributed by atoms with van der Waals surface area (Å²) in [5.74, 6) is 0.535. The minimum atomic E-state index is 0.535. The van der Waals surface area contributed by atoms with E-state index in [9.17, 15) is 0 Å². The number of fused-ring (bicyclic) bond motifs is 1. The van der Waals surface area contributed by atoms with Gasteiger partial charge in [0.2, 0.25) is 0 Å². The van der Waals surface area contributed by atoms with E-state index >= 15 is 0 Å². The Kier molecular flexibility index (Phi) is 3.83. The zero-order valence-electron chi connectivity index (χ0n) is 9.81. The largest absolute Gasteiger partial charge is 0.241 e. The Labute approximate surface area is 100.0 Å². The molecule has 0 aliphatic heterocycles. The Morgan fingerprint density at radius 1 is 1.25 bits per heavy atom. The highest BCUT2D eigenvalue weighted by molar-refractivity contribution is 7.16. The van der Waals surface area contributed by atoms with Gasteiger partial charge in [0.1, 0.15) is 16.7 Å². The second kappa shape index (κ2) is 5.34. The molecular weight excluding hydrogens is 218 g/mol. The fourth-order valence-electron chi connectivity index (χ4n) is 2.00. The van der Waals surface area contributed by atoms with Crippen molar-refractivity contribution in [2.75, 3.05) is 0 Å². The van der Waals surface area contributed by atoms with Gasteiger partial charge < -0.3 is 0 Å². The maximum atomic E-state index is 4.44. The quantitative estimate of drug-likeness (QED) is 0.791. The van der Waals surface area contributed by atoms with Crippen LogP contribution in [-0.4, -0.2) is 15.0 Å². The fourth-order valence-corrected chi connectivity index (χ4v) is 2.63. The number of aromatic nitrogens is 3. The summed E-state index contributed by atoms with van der Waals surface area (Å²) in [6.07, 6.45) is 6.50. The molecule has 0 radical (unpaired) electrons. The predicted octanol–water partition coefficient (Wildman–Crippen LogP) is 3.77. The van der Waals surface area contributed by atoms with E-state index in [1.54, 1.807) is 17.7 Å². The zero-order chi connectivity index (χ0) is 11.4. The molecule has 0 spiro atoms. The number of hydrogen-bond acceptors (Lipinski definition) is 4. The first kappa shape index (κ1) is 11.5. The van der Waals surface area contributed by atoms with Crippen LogP contribution in [0.15, 0.2) is 11.8 Å². The lowest BCUT2D eigenvalue weighted by atomic mass is 9.95. The summed E-state index contributed by atoms with van der Waals surface area (Å²) in [5, 5.41) is 0. The Morgan fingerprint density at radius 2 is 2.12 bits per heavy atom. The van der Waals surface area contributed by atoms with Crippen molar-refractivity contribution in [2.45, 2.75) is 45.4 Å². The number of unbranched alkanes of at least 4 members (excludes halogenated alkanes) is 1. The van der Waals surface area contributed by atoms with Gasteiger partial charge in [-0.2, -0.15) is 0 Å². The molecule has 3 nitrogen and oxygen atoms in total. The Balaban J connectivity index is 2.32. The lowest BCUT2D eigenvalue weighted by Crippen LogP contribution is -2.02. The number of nitrogens with zero attached hydrogens (tertiary/aromatic N) is 3. The Morgan fingerprint density at radius 3 is 2.88 bits per heavy atom. The fraction of sp³-hybridized carbons (Fsp3) is 0.583. The van der Waals surface area contributed by atoms with Gasteiger partial charge in [-0.3, -0.25) is 0 Å². The van der Waals surface area contributed by atoms with Crippen LogP contribution in [0.4, 0.5) is 0 Å². The van der Waals surface area contributed by atoms with Gasteiger partial charge in [0.05, 0.1) is 11.2 Å². The van der Waals surface area contributed by atoms with Crippen LogP contribution in [0.3, 0.4) is 0 Å². The lowest BCUT2D eigenvalue weighted by Gasteiger charge is -2.13. The van der Waals surface area contributed by atoms with Gasteiger partial charge in [-0.1, -0.05) is 26.7 Å². The lowest BCUT2D eigenvalue weighted by molar-refractivity contribution is 0.560. The third-order valence-corrected chi connectivity index (χ3v) is 3.68. The second-order valence-electron chi connectivity index (χ2n) is 4.01. The third kappa shape index (κ3) is 2.21. The van der Waals surface area contributed by atoms with E-state index in [1.165, 1.54) is 19.3 Å². The number of rotatable bonds is 5. The third-order valence-electron chi connectivity index (χ3n) is 2.95. The van der Waals surface area contributed by atoms with E-state index < -0.39 is 0 Å². The topological polar surface area (TPSA) is 38.7 Å². The normalized spacial score (nSPS) is 13.1. The van der Waals surface area contributed by atoms with Crippen molar-refractivity contribution < 1.29 is 0 Å².